The standard InChI is InChI=1S/C11H5IN2O4S/c12-10-5-6(4-2-1-3-19-4)14-18-9(5)8(15)7(13-10)11(16)17/h1-3,15H,(H,16,17). The third kappa shape index (κ3) is 1.87. The van der Waals surface area contributed by atoms with Crippen molar-refractivity contribution in [2.75, 3.05) is 0 Å². The van der Waals surface area contributed by atoms with E-state index in [0.29, 0.717) is 14.8 Å². The van der Waals surface area contributed by atoms with Crippen LogP contribution in [0.4, 0.5) is 0 Å². The van der Waals surface area contributed by atoms with Crippen LogP contribution in [-0.2, 0) is 0 Å². The molecule has 8 heteroatoms. The van der Waals surface area contributed by atoms with Crippen LogP contribution in [0.25, 0.3) is 21.5 Å². The summed E-state index contributed by atoms with van der Waals surface area (Å²) in [7, 11) is 0. The van der Waals surface area contributed by atoms with E-state index < -0.39 is 17.4 Å². The Bertz CT molecular complexity index is 782. The van der Waals surface area contributed by atoms with Gasteiger partial charge in [0.15, 0.2) is 11.4 Å². The van der Waals surface area contributed by atoms with Crippen molar-refractivity contribution in [3.63, 3.8) is 0 Å². The van der Waals surface area contributed by atoms with E-state index in [-0.39, 0.29) is 5.58 Å². The highest BCUT2D eigenvalue weighted by molar-refractivity contribution is 14.1. The van der Waals surface area contributed by atoms with Crippen LogP contribution in [0.15, 0.2) is 22.0 Å². The van der Waals surface area contributed by atoms with Gasteiger partial charge in [-0.15, -0.1) is 11.3 Å². The van der Waals surface area contributed by atoms with Gasteiger partial charge in [-0.05, 0) is 34.0 Å². The molecule has 6 nitrogen and oxygen atoms in total. The molecule has 0 spiro atoms. The van der Waals surface area contributed by atoms with Crippen LogP contribution >= 0.6 is 33.9 Å². The van der Waals surface area contributed by atoms with Crippen LogP contribution in [-0.4, -0.2) is 26.3 Å². The fourth-order valence-corrected chi connectivity index (χ4v) is 3.14. The molecule has 3 aromatic rings. The molecule has 19 heavy (non-hydrogen) atoms. The number of hydrogen-bond acceptors (Lipinski definition) is 6. The topological polar surface area (TPSA) is 96.5 Å². The van der Waals surface area contributed by atoms with Crippen LogP contribution in [0.3, 0.4) is 0 Å². The lowest BCUT2D eigenvalue weighted by Gasteiger charge is -2.01. The van der Waals surface area contributed by atoms with E-state index in [1.165, 1.54) is 11.3 Å². The van der Waals surface area contributed by atoms with Crippen LogP contribution in [0, 0.1) is 3.70 Å². The molecule has 0 unspecified atom stereocenters. The van der Waals surface area contributed by atoms with Gasteiger partial charge in [-0.3, -0.25) is 0 Å². The number of rotatable bonds is 2. The third-order valence-corrected chi connectivity index (χ3v) is 4.16. The summed E-state index contributed by atoms with van der Waals surface area (Å²) >= 11 is 3.37. The molecular weight excluding hydrogens is 383 g/mol. The summed E-state index contributed by atoms with van der Waals surface area (Å²) in [6, 6.07) is 3.73. The number of pyridine rings is 1. The van der Waals surface area contributed by atoms with E-state index in [2.05, 4.69) is 10.1 Å². The van der Waals surface area contributed by atoms with Gasteiger partial charge in [0.1, 0.15) is 9.39 Å². The number of aromatic carboxylic acids is 1. The molecule has 0 bridgehead atoms. The fraction of sp³-hybridized carbons (Fsp3) is 0. The molecule has 3 rings (SSSR count). The van der Waals surface area contributed by atoms with Crippen molar-refractivity contribution < 1.29 is 19.5 Å². The zero-order valence-corrected chi connectivity index (χ0v) is 12.1. The minimum atomic E-state index is -1.31. The van der Waals surface area contributed by atoms with Crippen LogP contribution in [0.1, 0.15) is 10.5 Å². The van der Waals surface area contributed by atoms with Crippen molar-refractivity contribution in [2.45, 2.75) is 0 Å². The summed E-state index contributed by atoms with van der Waals surface area (Å²) in [5.74, 6) is -1.82. The second-order valence-corrected chi connectivity index (χ2v) is 5.59. The Morgan fingerprint density at radius 1 is 1.47 bits per heavy atom. The van der Waals surface area contributed by atoms with Gasteiger partial charge >= 0.3 is 5.97 Å². The quantitative estimate of drug-likeness (QED) is 0.518. The van der Waals surface area contributed by atoms with Crippen LogP contribution in [0.5, 0.6) is 5.75 Å². The van der Waals surface area contributed by atoms with E-state index in [4.69, 9.17) is 9.63 Å². The minimum Gasteiger partial charge on any atom is -0.502 e. The molecule has 3 aromatic heterocycles. The summed E-state index contributed by atoms with van der Waals surface area (Å²) in [4.78, 5) is 15.7. The highest BCUT2D eigenvalue weighted by atomic mass is 127. The second-order valence-electron chi connectivity index (χ2n) is 3.62. The van der Waals surface area contributed by atoms with Gasteiger partial charge in [0.25, 0.3) is 0 Å². The molecule has 0 aromatic carbocycles. The molecular formula is C11H5IN2O4S. The normalized spacial score (nSPS) is 11.0. The first-order valence-electron chi connectivity index (χ1n) is 5.04. The Kier molecular flexibility index (Phi) is 2.90. The number of nitrogens with zero attached hydrogens (tertiary/aromatic N) is 2. The molecule has 0 fully saturated rings. The number of aromatic hydroxyl groups is 1. The first kappa shape index (κ1) is 12.4. The molecule has 96 valence electrons. The Labute approximate surface area is 123 Å². The van der Waals surface area contributed by atoms with Gasteiger partial charge < -0.3 is 14.7 Å². The predicted octanol–water partition coefficient (Wildman–Crippen LogP) is 2.96. The monoisotopic (exact) mass is 388 g/mol. The van der Waals surface area contributed by atoms with E-state index in [9.17, 15) is 9.90 Å². The Morgan fingerprint density at radius 3 is 2.89 bits per heavy atom. The maximum absolute atomic E-state index is 11.0. The van der Waals surface area contributed by atoms with Crippen LogP contribution < -0.4 is 0 Å². The van der Waals surface area contributed by atoms with Crippen molar-refractivity contribution in [1.82, 2.24) is 10.1 Å². The minimum absolute atomic E-state index is 0.0419. The lowest BCUT2D eigenvalue weighted by molar-refractivity contribution is 0.0687. The second kappa shape index (κ2) is 4.46. The predicted molar refractivity (Wildman–Crippen MR) is 76.5 cm³/mol. The van der Waals surface area contributed by atoms with Crippen molar-refractivity contribution in [3.8, 4) is 16.3 Å². The highest BCUT2D eigenvalue weighted by Crippen LogP contribution is 2.38. The summed E-state index contributed by atoms with van der Waals surface area (Å²) in [6.07, 6.45) is 0. The number of halogens is 1. The van der Waals surface area contributed by atoms with Crippen molar-refractivity contribution in [2.24, 2.45) is 0 Å². The van der Waals surface area contributed by atoms with Gasteiger partial charge in [0, 0.05) is 0 Å². The molecule has 0 amide bonds. The molecule has 0 radical (unpaired) electrons. The number of carboxylic acids is 1. The van der Waals surface area contributed by atoms with Crippen LogP contribution in [0.2, 0.25) is 0 Å². The third-order valence-electron chi connectivity index (χ3n) is 2.50. The number of thiophene rings is 1. The lowest BCUT2D eigenvalue weighted by Crippen LogP contribution is -2.02. The summed E-state index contributed by atoms with van der Waals surface area (Å²) in [5.41, 5.74) is 0.153. The largest absolute Gasteiger partial charge is 0.502 e. The van der Waals surface area contributed by atoms with Gasteiger partial charge in [0.05, 0.1) is 10.3 Å². The van der Waals surface area contributed by atoms with Crippen molar-refractivity contribution in [1.29, 1.82) is 0 Å². The number of carboxylic acid groups (broad SMARTS) is 1. The molecule has 0 saturated heterocycles. The summed E-state index contributed by atoms with van der Waals surface area (Å²) < 4.78 is 5.50. The maximum Gasteiger partial charge on any atom is 0.358 e. The average molecular weight is 388 g/mol. The highest BCUT2D eigenvalue weighted by Gasteiger charge is 2.24. The average Bonchev–Trinajstić information content (AvgIpc) is 3.00. The van der Waals surface area contributed by atoms with Gasteiger partial charge in [-0.2, -0.15) is 0 Å². The molecule has 0 aliphatic carbocycles. The number of aromatic nitrogens is 2. The summed E-state index contributed by atoms with van der Waals surface area (Å²) in [6.45, 7) is 0. The first-order valence-corrected chi connectivity index (χ1v) is 7.00. The van der Waals surface area contributed by atoms with E-state index >= 15 is 0 Å². The van der Waals surface area contributed by atoms with E-state index in [0.717, 1.165) is 4.88 Å². The van der Waals surface area contributed by atoms with Gasteiger partial charge in [-0.25, -0.2) is 9.78 Å². The van der Waals surface area contributed by atoms with Gasteiger partial charge in [0.2, 0.25) is 5.58 Å². The zero-order chi connectivity index (χ0) is 13.6. The fourth-order valence-electron chi connectivity index (χ4n) is 1.69. The first-order chi connectivity index (χ1) is 9.09. The molecule has 0 aliphatic rings. The Balaban J connectivity index is 2.37. The van der Waals surface area contributed by atoms with Crippen molar-refractivity contribution in [3.05, 3.63) is 26.9 Å². The van der Waals surface area contributed by atoms with E-state index in [1.807, 2.05) is 40.1 Å². The molecule has 3 heterocycles. The van der Waals surface area contributed by atoms with Crippen molar-refractivity contribution >= 4 is 50.9 Å². The Hall–Kier alpha value is -1.68. The maximum atomic E-state index is 11.0. The molecule has 0 atom stereocenters. The number of carbonyl (C=O) groups is 1. The molecule has 0 saturated carbocycles. The summed E-state index contributed by atoms with van der Waals surface area (Å²) in [5, 5.41) is 25.1. The van der Waals surface area contributed by atoms with Gasteiger partial charge in [-0.1, -0.05) is 11.2 Å². The Morgan fingerprint density at radius 2 is 2.26 bits per heavy atom. The SMILES string of the molecule is O=C(O)c1nc(I)c2c(-c3cccs3)noc2c1O. The van der Waals surface area contributed by atoms with E-state index in [1.54, 1.807) is 0 Å². The zero-order valence-electron chi connectivity index (χ0n) is 9.12. The lowest BCUT2D eigenvalue weighted by atomic mass is 10.2. The number of fused-ring (bicyclic) bond motifs is 1. The smallest absolute Gasteiger partial charge is 0.358 e. The number of hydrogen-bond donors (Lipinski definition) is 2. The molecule has 2 N–H and O–H groups in total. The molecule has 0 aliphatic heterocycles.